The van der Waals surface area contributed by atoms with Crippen molar-refractivity contribution in [2.75, 3.05) is 32.8 Å². The van der Waals surface area contributed by atoms with Gasteiger partial charge in [0.1, 0.15) is 18.8 Å². The Hall–Kier alpha value is -2.01. The van der Waals surface area contributed by atoms with Gasteiger partial charge in [0.15, 0.2) is 17.5 Å². The Labute approximate surface area is 213 Å². The number of hydrogen-bond acceptors (Lipinski definition) is 5. The van der Waals surface area contributed by atoms with E-state index in [2.05, 4.69) is 32.9 Å². The third kappa shape index (κ3) is 5.92. The maximum atomic E-state index is 10.9. The Kier molecular flexibility index (Phi) is 8.49. The van der Waals surface area contributed by atoms with Crippen LogP contribution in [0.4, 0.5) is 0 Å². The minimum Gasteiger partial charge on any atom is -0.486 e. The molecule has 0 spiro atoms. The smallest absolute Gasteiger partial charge is 0.191 e. The van der Waals surface area contributed by atoms with Crippen LogP contribution in [-0.2, 0) is 18.1 Å². The average molecular weight is 569 g/mol. The first-order valence-electron chi connectivity index (χ1n) is 11.6. The SMILES string of the molecule is CCNC(=NCC(C)(O)c1cnn(C)c1)NCC1(c2ccc3c(c2)OCCO3)CCCC1.I. The largest absolute Gasteiger partial charge is 0.486 e. The fraction of sp³-hybridized carbons (Fsp3) is 0.583. The molecule has 1 aromatic heterocycles. The van der Waals surface area contributed by atoms with Gasteiger partial charge in [-0.3, -0.25) is 4.68 Å². The van der Waals surface area contributed by atoms with Crippen molar-refractivity contribution in [1.82, 2.24) is 20.4 Å². The molecule has 2 aromatic rings. The maximum Gasteiger partial charge on any atom is 0.191 e. The highest BCUT2D eigenvalue weighted by molar-refractivity contribution is 14.0. The third-order valence-electron chi connectivity index (χ3n) is 6.53. The molecular weight excluding hydrogens is 533 g/mol. The molecule has 182 valence electrons. The summed E-state index contributed by atoms with van der Waals surface area (Å²) in [6.45, 7) is 6.77. The molecule has 2 heterocycles. The zero-order valence-electron chi connectivity index (χ0n) is 19.8. The molecule has 2 aliphatic rings. The van der Waals surface area contributed by atoms with Crippen molar-refractivity contribution in [2.45, 2.75) is 50.5 Å². The Bertz CT molecular complexity index is 953. The quantitative estimate of drug-likeness (QED) is 0.270. The Balaban J connectivity index is 0.00000306. The van der Waals surface area contributed by atoms with Crippen LogP contribution in [-0.4, -0.2) is 53.7 Å². The predicted octanol–water partition coefficient (Wildman–Crippen LogP) is 3.08. The number of ether oxygens (including phenoxy) is 2. The van der Waals surface area contributed by atoms with Crippen molar-refractivity contribution in [2.24, 2.45) is 12.0 Å². The van der Waals surface area contributed by atoms with Crippen LogP contribution in [0.3, 0.4) is 0 Å². The summed E-state index contributed by atoms with van der Waals surface area (Å²) in [4.78, 5) is 4.69. The van der Waals surface area contributed by atoms with Gasteiger partial charge in [0.2, 0.25) is 0 Å². The minimum absolute atomic E-state index is 0. The average Bonchev–Trinajstić information content (AvgIpc) is 3.46. The van der Waals surface area contributed by atoms with Gasteiger partial charge in [-0.2, -0.15) is 5.10 Å². The summed E-state index contributed by atoms with van der Waals surface area (Å²) in [6, 6.07) is 6.37. The summed E-state index contributed by atoms with van der Waals surface area (Å²) in [5.41, 5.74) is 0.975. The van der Waals surface area contributed by atoms with Crippen molar-refractivity contribution < 1.29 is 14.6 Å². The van der Waals surface area contributed by atoms with E-state index in [1.807, 2.05) is 26.2 Å². The van der Waals surface area contributed by atoms with Gasteiger partial charge >= 0.3 is 0 Å². The monoisotopic (exact) mass is 569 g/mol. The summed E-state index contributed by atoms with van der Waals surface area (Å²) >= 11 is 0. The number of nitrogens with zero attached hydrogens (tertiary/aromatic N) is 3. The molecule has 1 atom stereocenters. The lowest BCUT2D eigenvalue weighted by Crippen LogP contribution is -2.45. The zero-order valence-corrected chi connectivity index (χ0v) is 22.1. The number of benzene rings is 1. The number of guanidine groups is 1. The van der Waals surface area contributed by atoms with Gasteiger partial charge in [0.05, 0.1) is 12.7 Å². The van der Waals surface area contributed by atoms with Crippen molar-refractivity contribution in [3.63, 3.8) is 0 Å². The van der Waals surface area contributed by atoms with Crippen molar-refractivity contribution in [3.05, 3.63) is 41.7 Å². The molecule has 1 aromatic carbocycles. The normalized spacial score (nSPS) is 18.8. The van der Waals surface area contributed by atoms with Gasteiger partial charge in [-0.15, -0.1) is 24.0 Å². The molecule has 9 heteroatoms. The summed E-state index contributed by atoms with van der Waals surface area (Å²) in [5, 5.41) is 21.9. The number of nitrogens with one attached hydrogen (secondary N) is 2. The summed E-state index contributed by atoms with van der Waals surface area (Å²) < 4.78 is 13.2. The molecule has 4 rings (SSSR count). The number of aliphatic hydroxyl groups is 1. The number of aromatic nitrogens is 2. The molecule has 0 amide bonds. The standard InChI is InChI=1S/C24H35N5O3.HI/c1-4-25-22(26-16-23(2,30)19-14-28-29(3)15-19)27-17-24(9-5-6-10-24)18-7-8-20-21(13-18)32-12-11-31-20;/h7-8,13-15,30H,4-6,9-12,16-17H2,1-3H3,(H2,25,26,27);1H. The lowest BCUT2D eigenvalue weighted by atomic mass is 9.78. The fourth-order valence-corrected chi connectivity index (χ4v) is 4.61. The fourth-order valence-electron chi connectivity index (χ4n) is 4.61. The second-order valence-corrected chi connectivity index (χ2v) is 9.07. The second kappa shape index (κ2) is 10.9. The number of rotatable bonds is 7. The van der Waals surface area contributed by atoms with E-state index < -0.39 is 5.60 Å². The summed E-state index contributed by atoms with van der Waals surface area (Å²) in [5.74, 6) is 2.38. The molecule has 0 saturated heterocycles. The van der Waals surface area contributed by atoms with E-state index in [4.69, 9.17) is 9.47 Å². The van der Waals surface area contributed by atoms with Crippen molar-refractivity contribution in [3.8, 4) is 11.5 Å². The van der Waals surface area contributed by atoms with Crippen LogP contribution in [0.1, 0.15) is 50.7 Å². The molecular formula is C24H36IN5O3. The highest BCUT2D eigenvalue weighted by Gasteiger charge is 2.36. The number of aryl methyl sites for hydroxylation is 1. The summed E-state index contributed by atoms with van der Waals surface area (Å²) in [7, 11) is 1.84. The van der Waals surface area contributed by atoms with Gasteiger partial charge in [0.25, 0.3) is 0 Å². The number of fused-ring (bicyclic) bond motifs is 1. The predicted molar refractivity (Wildman–Crippen MR) is 140 cm³/mol. The molecule has 1 aliphatic carbocycles. The van der Waals surface area contributed by atoms with Crippen LogP contribution in [0.2, 0.25) is 0 Å². The number of halogens is 1. The molecule has 0 radical (unpaired) electrons. The molecule has 1 fully saturated rings. The van der Waals surface area contributed by atoms with E-state index in [-0.39, 0.29) is 35.9 Å². The van der Waals surface area contributed by atoms with Crippen LogP contribution in [0.15, 0.2) is 35.6 Å². The van der Waals surface area contributed by atoms with E-state index in [0.717, 1.165) is 43.0 Å². The lowest BCUT2D eigenvalue weighted by molar-refractivity contribution is 0.0671. The summed E-state index contributed by atoms with van der Waals surface area (Å²) in [6.07, 6.45) is 8.16. The highest BCUT2D eigenvalue weighted by Crippen LogP contribution is 2.43. The van der Waals surface area contributed by atoms with Crippen LogP contribution >= 0.6 is 24.0 Å². The molecule has 1 unspecified atom stereocenters. The first-order valence-corrected chi connectivity index (χ1v) is 11.6. The zero-order chi connectivity index (χ0) is 22.6. The van der Waals surface area contributed by atoms with E-state index in [1.54, 1.807) is 17.8 Å². The minimum atomic E-state index is -1.09. The molecule has 1 aliphatic heterocycles. The second-order valence-electron chi connectivity index (χ2n) is 9.07. The molecule has 8 nitrogen and oxygen atoms in total. The van der Waals surface area contributed by atoms with Crippen molar-refractivity contribution >= 4 is 29.9 Å². The topological polar surface area (TPSA) is 92.9 Å². The maximum absolute atomic E-state index is 10.9. The Morgan fingerprint density at radius 3 is 2.61 bits per heavy atom. The molecule has 0 bridgehead atoms. The highest BCUT2D eigenvalue weighted by atomic mass is 127. The molecule has 3 N–H and O–H groups in total. The van der Waals surface area contributed by atoms with Gasteiger partial charge in [0, 0.05) is 37.3 Å². The Morgan fingerprint density at radius 2 is 1.94 bits per heavy atom. The lowest BCUT2D eigenvalue weighted by Gasteiger charge is -2.32. The van der Waals surface area contributed by atoms with Gasteiger partial charge in [-0.25, -0.2) is 4.99 Å². The van der Waals surface area contributed by atoms with E-state index in [9.17, 15) is 5.11 Å². The number of aliphatic imine (C=N–C) groups is 1. The van der Waals surface area contributed by atoms with Crippen LogP contribution in [0, 0.1) is 0 Å². The number of hydrogen-bond donors (Lipinski definition) is 3. The van der Waals surface area contributed by atoms with Crippen LogP contribution in [0.5, 0.6) is 11.5 Å². The van der Waals surface area contributed by atoms with E-state index >= 15 is 0 Å². The molecule has 33 heavy (non-hydrogen) atoms. The first-order chi connectivity index (χ1) is 15.4. The van der Waals surface area contributed by atoms with E-state index in [0.29, 0.717) is 19.2 Å². The van der Waals surface area contributed by atoms with Crippen LogP contribution in [0.25, 0.3) is 0 Å². The van der Waals surface area contributed by atoms with E-state index in [1.165, 1.54) is 18.4 Å². The van der Waals surface area contributed by atoms with Crippen molar-refractivity contribution in [1.29, 1.82) is 0 Å². The molecule has 1 saturated carbocycles. The Morgan fingerprint density at radius 1 is 1.21 bits per heavy atom. The van der Waals surface area contributed by atoms with Gasteiger partial charge < -0.3 is 25.2 Å². The van der Waals surface area contributed by atoms with Gasteiger partial charge in [-0.1, -0.05) is 18.9 Å². The van der Waals surface area contributed by atoms with Gasteiger partial charge in [-0.05, 0) is 44.4 Å². The third-order valence-corrected chi connectivity index (χ3v) is 6.53. The van der Waals surface area contributed by atoms with Crippen LogP contribution < -0.4 is 20.1 Å². The first kappa shape index (κ1) is 25.6.